The second kappa shape index (κ2) is 3.85. The third kappa shape index (κ3) is 1.75. The van der Waals surface area contributed by atoms with Crippen LogP contribution in [-0.2, 0) is 0 Å². The monoisotopic (exact) mass is 184 g/mol. The second-order valence-corrected chi connectivity index (χ2v) is 3.34. The van der Waals surface area contributed by atoms with E-state index in [1.54, 1.807) is 0 Å². The molecule has 0 aromatic carbocycles. The van der Waals surface area contributed by atoms with E-state index >= 15 is 0 Å². The first-order valence-electron chi connectivity index (χ1n) is 4.13. The second-order valence-electron chi connectivity index (χ2n) is 2.98. The molecule has 1 aromatic rings. The minimum absolute atomic E-state index is 0.463. The van der Waals surface area contributed by atoms with E-state index in [0.29, 0.717) is 11.1 Å². The van der Waals surface area contributed by atoms with E-state index < -0.39 is 0 Å². The predicted octanol–water partition coefficient (Wildman–Crippen LogP) is 2.95. The minimum atomic E-state index is 0.463. The molecule has 0 spiro atoms. The molecule has 1 heterocycles. The first-order chi connectivity index (χ1) is 5.66. The van der Waals surface area contributed by atoms with E-state index in [1.807, 2.05) is 6.92 Å². The number of nitrogens with zero attached hydrogens (tertiary/aromatic N) is 2. The van der Waals surface area contributed by atoms with Crippen molar-refractivity contribution in [2.75, 3.05) is 0 Å². The van der Waals surface area contributed by atoms with Crippen molar-refractivity contribution in [3.8, 4) is 0 Å². The molecule has 2 nitrogen and oxygen atoms in total. The zero-order chi connectivity index (χ0) is 9.14. The summed E-state index contributed by atoms with van der Waals surface area (Å²) < 4.78 is 0. The summed E-state index contributed by atoms with van der Waals surface area (Å²) in [5, 5.41) is 0.570. The van der Waals surface area contributed by atoms with Crippen molar-refractivity contribution in [2.24, 2.45) is 0 Å². The Kier molecular flexibility index (Phi) is 3.04. The lowest BCUT2D eigenvalue weighted by Gasteiger charge is -2.10. The molecular weight excluding hydrogens is 172 g/mol. The molecule has 0 aliphatic carbocycles. The fourth-order valence-electron chi connectivity index (χ4n) is 1.13. The van der Waals surface area contributed by atoms with E-state index in [0.717, 1.165) is 17.7 Å². The molecule has 0 aliphatic rings. The first kappa shape index (κ1) is 9.46. The third-order valence-corrected chi connectivity index (χ3v) is 2.52. The van der Waals surface area contributed by atoms with Gasteiger partial charge in [0.05, 0.1) is 5.69 Å². The van der Waals surface area contributed by atoms with Gasteiger partial charge in [0.2, 0.25) is 0 Å². The molecule has 0 N–H and O–H groups in total. The quantitative estimate of drug-likeness (QED) is 0.661. The van der Waals surface area contributed by atoms with Crippen molar-refractivity contribution in [1.82, 2.24) is 9.97 Å². The van der Waals surface area contributed by atoms with Crippen molar-refractivity contribution in [2.45, 2.75) is 33.1 Å². The molecule has 1 atom stereocenters. The molecule has 12 heavy (non-hydrogen) atoms. The molecule has 0 bridgehead atoms. The van der Waals surface area contributed by atoms with E-state index in [4.69, 9.17) is 11.6 Å². The topological polar surface area (TPSA) is 25.8 Å². The van der Waals surface area contributed by atoms with Gasteiger partial charge in [0.1, 0.15) is 11.5 Å². The molecule has 0 fully saturated rings. The molecular formula is C9H13ClN2. The van der Waals surface area contributed by atoms with Crippen LogP contribution < -0.4 is 0 Å². The highest BCUT2D eigenvalue weighted by Gasteiger charge is 2.10. The predicted molar refractivity (Wildman–Crippen MR) is 50.5 cm³/mol. The molecule has 0 aliphatic heterocycles. The van der Waals surface area contributed by atoms with Crippen LogP contribution in [0.4, 0.5) is 0 Å². The molecule has 0 saturated heterocycles. The molecule has 1 unspecified atom stereocenters. The van der Waals surface area contributed by atoms with Crippen LogP contribution in [0.2, 0.25) is 5.15 Å². The normalized spacial score (nSPS) is 13.0. The van der Waals surface area contributed by atoms with Gasteiger partial charge in [0, 0.05) is 5.56 Å². The largest absolute Gasteiger partial charge is 0.241 e. The highest BCUT2D eigenvalue weighted by molar-refractivity contribution is 6.30. The Morgan fingerprint density at radius 2 is 2.17 bits per heavy atom. The van der Waals surface area contributed by atoms with Gasteiger partial charge in [-0.25, -0.2) is 9.97 Å². The van der Waals surface area contributed by atoms with Gasteiger partial charge < -0.3 is 0 Å². The van der Waals surface area contributed by atoms with Gasteiger partial charge >= 0.3 is 0 Å². The summed E-state index contributed by atoms with van der Waals surface area (Å²) in [6.07, 6.45) is 2.60. The summed E-state index contributed by atoms with van der Waals surface area (Å²) >= 11 is 5.86. The Hall–Kier alpha value is -0.630. The number of halogens is 1. The van der Waals surface area contributed by atoms with Crippen LogP contribution in [-0.4, -0.2) is 9.97 Å². The van der Waals surface area contributed by atoms with Gasteiger partial charge in [-0.2, -0.15) is 0 Å². The lowest BCUT2D eigenvalue weighted by atomic mass is 10.0. The highest BCUT2D eigenvalue weighted by Crippen LogP contribution is 2.23. The molecule has 1 rings (SSSR count). The fourth-order valence-corrected chi connectivity index (χ4v) is 1.27. The van der Waals surface area contributed by atoms with Crippen molar-refractivity contribution >= 4 is 11.6 Å². The standard InChI is InChI=1S/C9H13ClN2/c1-4-6(2)8-7(3)9(10)12-5-11-8/h5-6H,4H2,1-3H3. The van der Waals surface area contributed by atoms with Crippen LogP contribution in [0.15, 0.2) is 6.33 Å². The number of aromatic nitrogens is 2. The minimum Gasteiger partial charge on any atom is -0.241 e. The summed E-state index contributed by atoms with van der Waals surface area (Å²) in [4.78, 5) is 8.12. The lowest BCUT2D eigenvalue weighted by Crippen LogP contribution is -2.00. The van der Waals surface area contributed by atoms with E-state index in [9.17, 15) is 0 Å². The number of rotatable bonds is 2. The Morgan fingerprint density at radius 1 is 1.50 bits per heavy atom. The van der Waals surface area contributed by atoms with Crippen LogP contribution in [0.1, 0.15) is 37.4 Å². The van der Waals surface area contributed by atoms with E-state index in [-0.39, 0.29) is 0 Å². The average molecular weight is 185 g/mol. The first-order valence-corrected chi connectivity index (χ1v) is 4.51. The summed E-state index contributed by atoms with van der Waals surface area (Å²) in [6, 6.07) is 0. The van der Waals surface area contributed by atoms with Crippen molar-refractivity contribution in [3.63, 3.8) is 0 Å². The Balaban J connectivity index is 3.07. The van der Waals surface area contributed by atoms with Crippen LogP contribution in [0.25, 0.3) is 0 Å². The van der Waals surface area contributed by atoms with Crippen LogP contribution in [0, 0.1) is 6.92 Å². The smallest absolute Gasteiger partial charge is 0.135 e. The SMILES string of the molecule is CCC(C)c1ncnc(Cl)c1C. The van der Waals surface area contributed by atoms with Gasteiger partial charge in [0.25, 0.3) is 0 Å². The molecule has 66 valence electrons. The Bertz CT molecular complexity index is 273. The Labute approximate surface area is 78.0 Å². The van der Waals surface area contributed by atoms with Gasteiger partial charge in [-0.3, -0.25) is 0 Å². The summed E-state index contributed by atoms with van der Waals surface area (Å²) in [5.74, 6) is 0.463. The maximum absolute atomic E-state index is 5.86. The zero-order valence-electron chi connectivity index (χ0n) is 7.63. The van der Waals surface area contributed by atoms with Crippen LogP contribution in [0.3, 0.4) is 0 Å². The highest BCUT2D eigenvalue weighted by atomic mass is 35.5. The number of hydrogen-bond acceptors (Lipinski definition) is 2. The average Bonchev–Trinajstić information content (AvgIpc) is 2.08. The summed E-state index contributed by atoms with van der Waals surface area (Å²) in [7, 11) is 0. The van der Waals surface area contributed by atoms with Gasteiger partial charge in [0.15, 0.2) is 0 Å². The molecule has 3 heteroatoms. The zero-order valence-corrected chi connectivity index (χ0v) is 8.39. The van der Waals surface area contributed by atoms with E-state index in [2.05, 4.69) is 23.8 Å². The third-order valence-electron chi connectivity index (χ3n) is 2.14. The van der Waals surface area contributed by atoms with Gasteiger partial charge in [-0.1, -0.05) is 25.4 Å². The van der Waals surface area contributed by atoms with Gasteiger partial charge in [-0.05, 0) is 19.3 Å². The maximum Gasteiger partial charge on any atom is 0.135 e. The summed E-state index contributed by atoms with van der Waals surface area (Å²) in [6.45, 7) is 6.25. The van der Waals surface area contributed by atoms with Crippen LogP contribution in [0.5, 0.6) is 0 Å². The summed E-state index contributed by atoms with van der Waals surface area (Å²) in [5.41, 5.74) is 2.08. The molecule has 0 radical (unpaired) electrons. The fraction of sp³-hybridized carbons (Fsp3) is 0.556. The lowest BCUT2D eigenvalue weighted by molar-refractivity contribution is 0.697. The maximum atomic E-state index is 5.86. The Morgan fingerprint density at radius 3 is 2.75 bits per heavy atom. The molecule has 0 amide bonds. The number of hydrogen-bond donors (Lipinski definition) is 0. The molecule has 1 aromatic heterocycles. The molecule has 0 saturated carbocycles. The van der Waals surface area contributed by atoms with Crippen LogP contribution >= 0.6 is 11.6 Å². The van der Waals surface area contributed by atoms with Gasteiger partial charge in [-0.15, -0.1) is 0 Å². The van der Waals surface area contributed by atoms with Crippen molar-refractivity contribution < 1.29 is 0 Å². The van der Waals surface area contributed by atoms with E-state index in [1.165, 1.54) is 6.33 Å². The van der Waals surface area contributed by atoms with Crippen molar-refractivity contribution in [1.29, 1.82) is 0 Å². The van der Waals surface area contributed by atoms with Crippen molar-refractivity contribution in [3.05, 3.63) is 22.7 Å².